The molecule has 0 aliphatic rings. The van der Waals surface area contributed by atoms with Crippen molar-refractivity contribution in [2.24, 2.45) is 5.73 Å². The maximum Gasteiger partial charge on any atom is 0.405 e. The molecule has 0 bridgehead atoms. The molecule has 15 heavy (non-hydrogen) atoms. The molecule has 0 saturated heterocycles. The first-order valence-electron chi connectivity index (χ1n) is 4.02. The molecule has 0 heterocycles. The van der Waals surface area contributed by atoms with Crippen LogP contribution in [0.25, 0.3) is 0 Å². The van der Waals surface area contributed by atoms with Gasteiger partial charge in [-0.1, -0.05) is 0 Å². The van der Waals surface area contributed by atoms with Crippen molar-refractivity contribution in [3.05, 3.63) is 33.8 Å². The molecule has 82 valence electrons. The summed E-state index contributed by atoms with van der Waals surface area (Å²) in [6, 6.07) is 2.14. The summed E-state index contributed by atoms with van der Waals surface area (Å²) in [6.07, 6.45) is -1.79. The smallest absolute Gasteiger partial charge is 0.405 e. The molecule has 2 N–H and O–H groups in total. The lowest BCUT2D eigenvalue weighted by Gasteiger charge is -2.12. The summed E-state index contributed by atoms with van der Waals surface area (Å²) >= 11 is 2.73. The number of carbonyl (C=O) groups excluding carboxylic acids is 1. The van der Waals surface area contributed by atoms with Crippen molar-refractivity contribution >= 4 is 22.0 Å². The predicted octanol–water partition coefficient (Wildman–Crippen LogP) is 2.88. The zero-order valence-electron chi connectivity index (χ0n) is 7.76. The Hall–Kier alpha value is -1.17. The van der Waals surface area contributed by atoms with E-state index in [1.165, 1.54) is 6.92 Å². The molecule has 0 aliphatic heterocycles. The van der Waals surface area contributed by atoms with Crippen LogP contribution in [-0.2, 0) is 4.74 Å². The van der Waals surface area contributed by atoms with E-state index in [0.29, 0.717) is 0 Å². The highest BCUT2D eigenvalue weighted by Gasteiger charge is 2.14. The van der Waals surface area contributed by atoms with Crippen LogP contribution in [0.4, 0.5) is 13.6 Å². The van der Waals surface area contributed by atoms with E-state index in [1.54, 1.807) is 0 Å². The number of primary amides is 1. The van der Waals surface area contributed by atoms with Crippen LogP contribution in [0.3, 0.4) is 0 Å². The number of nitrogens with two attached hydrogens (primary N) is 1. The molecule has 0 unspecified atom stereocenters. The summed E-state index contributed by atoms with van der Waals surface area (Å²) in [5.41, 5.74) is 4.98. The molecule has 1 amide bonds. The van der Waals surface area contributed by atoms with E-state index in [0.717, 1.165) is 12.1 Å². The lowest BCUT2D eigenvalue weighted by atomic mass is 10.1. The van der Waals surface area contributed by atoms with Crippen LogP contribution < -0.4 is 5.73 Å². The van der Waals surface area contributed by atoms with Crippen LogP contribution >= 0.6 is 15.9 Å². The van der Waals surface area contributed by atoms with Gasteiger partial charge >= 0.3 is 6.09 Å². The fourth-order valence-electron chi connectivity index (χ4n) is 1.05. The third kappa shape index (κ3) is 2.89. The molecule has 1 aromatic rings. The van der Waals surface area contributed by atoms with Crippen molar-refractivity contribution in [2.75, 3.05) is 0 Å². The first-order valence-corrected chi connectivity index (χ1v) is 4.81. The van der Waals surface area contributed by atoms with Crippen LogP contribution in [0.5, 0.6) is 0 Å². The average Bonchev–Trinajstić information content (AvgIpc) is 2.12. The minimum atomic E-state index is -0.994. The minimum absolute atomic E-state index is 0.201. The molecular weight excluding hydrogens is 272 g/mol. The number of carbonyl (C=O) groups is 1. The highest BCUT2D eigenvalue weighted by Crippen LogP contribution is 2.25. The maximum atomic E-state index is 13.1. The topological polar surface area (TPSA) is 52.3 Å². The highest BCUT2D eigenvalue weighted by atomic mass is 79.9. The van der Waals surface area contributed by atoms with Gasteiger partial charge in [0, 0.05) is 0 Å². The van der Waals surface area contributed by atoms with E-state index in [1.807, 2.05) is 0 Å². The Bertz CT molecular complexity index is 375. The Morgan fingerprint density at radius 3 is 2.33 bits per heavy atom. The third-order valence-corrected chi connectivity index (χ3v) is 2.53. The van der Waals surface area contributed by atoms with Crippen LogP contribution in [0.15, 0.2) is 16.6 Å². The van der Waals surface area contributed by atoms with E-state index in [4.69, 9.17) is 5.73 Å². The SMILES string of the molecule is C[C@H](OC(N)=O)c1cc(F)c(Br)c(F)c1. The fraction of sp³-hybridized carbons (Fsp3) is 0.222. The number of amides is 1. The van der Waals surface area contributed by atoms with Crippen molar-refractivity contribution in [1.29, 1.82) is 0 Å². The summed E-state index contributed by atoms with van der Waals surface area (Å²) < 4.78 is 30.5. The third-order valence-electron chi connectivity index (χ3n) is 1.77. The van der Waals surface area contributed by atoms with Crippen LogP contribution in [0.2, 0.25) is 0 Å². The van der Waals surface area contributed by atoms with Gasteiger partial charge in [-0.2, -0.15) is 0 Å². The molecule has 6 heteroatoms. The lowest BCUT2D eigenvalue weighted by Crippen LogP contribution is -2.15. The second-order valence-electron chi connectivity index (χ2n) is 2.88. The van der Waals surface area contributed by atoms with Crippen molar-refractivity contribution < 1.29 is 18.3 Å². The molecule has 0 spiro atoms. The summed E-state index contributed by atoms with van der Waals surface area (Å²) in [5.74, 6) is -1.52. The first-order chi connectivity index (χ1) is 6.91. The summed E-state index contributed by atoms with van der Waals surface area (Å²) in [6.45, 7) is 1.47. The quantitative estimate of drug-likeness (QED) is 0.847. The Labute approximate surface area is 93.3 Å². The van der Waals surface area contributed by atoms with Gasteiger partial charge in [0.15, 0.2) is 0 Å². The standard InChI is InChI=1S/C9H8BrF2NO2/c1-4(15-9(13)14)5-2-6(11)8(10)7(12)3-5/h2-4H,1H3,(H2,13,14)/t4-/m0/s1. The van der Waals surface area contributed by atoms with E-state index in [-0.39, 0.29) is 10.0 Å². The fourth-order valence-corrected chi connectivity index (χ4v) is 1.28. The number of rotatable bonds is 2. The molecular formula is C9H8BrF2NO2. The monoisotopic (exact) mass is 279 g/mol. The van der Waals surface area contributed by atoms with Gasteiger partial charge in [-0.15, -0.1) is 0 Å². The zero-order valence-corrected chi connectivity index (χ0v) is 9.35. The van der Waals surface area contributed by atoms with Gasteiger partial charge in [0.25, 0.3) is 0 Å². The zero-order chi connectivity index (χ0) is 11.6. The van der Waals surface area contributed by atoms with Gasteiger partial charge < -0.3 is 10.5 Å². The highest BCUT2D eigenvalue weighted by molar-refractivity contribution is 9.10. The molecule has 1 atom stereocenters. The van der Waals surface area contributed by atoms with Gasteiger partial charge in [-0.3, -0.25) is 0 Å². The Morgan fingerprint density at radius 2 is 1.93 bits per heavy atom. The summed E-state index contributed by atoms with van der Waals surface area (Å²) in [5, 5.41) is 0. The Kier molecular flexibility index (Phi) is 3.62. The number of benzene rings is 1. The average molecular weight is 280 g/mol. The van der Waals surface area contributed by atoms with Gasteiger partial charge in [-0.05, 0) is 40.5 Å². The van der Waals surface area contributed by atoms with Crippen LogP contribution in [0, 0.1) is 11.6 Å². The van der Waals surface area contributed by atoms with Crippen molar-refractivity contribution in [1.82, 2.24) is 0 Å². The molecule has 1 rings (SSSR count). The second kappa shape index (κ2) is 4.57. The van der Waals surface area contributed by atoms with Gasteiger partial charge in [0.05, 0.1) is 4.47 Å². The van der Waals surface area contributed by atoms with E-state index >= 15 is 0 Å². The van der Waals surface area contributed by atoms with Crippen LogP contribution in [0.1, 0.15) is 18.6 Å². The molecule has 0 aromatic heterocycles. The first kappa shape index (κ1) is 11.9. The molecule has 0 aliphatic carbocycles. The molecule has 0 fully saturated rings. The number of halogens is 3. The van der Waals surface area contributed by atoms with Crippen molar-refractivity contribution in [2.45, 2.75) is 13.0 Å². The van der Waals surface area contributed by atoms with Gasteiger partial charge in [0.2, 0.25) is 0 Å². The van der Waals surface area contributed by atoms with E-state index < -0.39 is 23.8 Å². The number of hydrogen-bond donors (Lipinski definition) is 1. The maximum absolute atomic E-state index is 13.1. The molecule has 0 radical (unpaired) electrons. The summed E-state index contributed by atoms with van der Waals surface area (Å²) in [4.78, 5) is 10.4. The van der Waals surface area contributed by atoms with Gasteiger partial charge in [-0.25, -0.2) is 13.6 Å². The molecule has 0 saturated carbocycles. The largest absolute Gasteiger partial charge is 0.442 e. The summed E-state index contributed by atoms with van der Waals surface area (Å²) in [7, 11) is 0. The second-order valence-corrected chi connectivity index (χ2v) is 3.67. The predicted molar refractivity (Wildman–Crippen MR) is 53.1 cm³/mol. The van der Waals surface area contributed by atoms with E-state index in [9.17, 15) is 13.6 Å². The number of hydrogen-bond acceptors (Lipinski definition) is 2. The van der Waals surface area contributed by atoms with Crippen molar-refractivity contribution in [3.8, 4) is 0 Å². The number of ether oxygens (including phenoxy) is 1. The Morgan fingerprint density at radius 1 is 1.47 bits per heavy atom. The molecule has 1 aromatic carbocycles. The van der Waals surface area contributed by atoms with Crippen LogP contribution in [-0.4, -0.2) is 6.09 Å². The minimum Gasteiger partial charge on any atom is -0.442 e. The van der Waals surface area contributed by atoms with Crippen molar-refractivity contribution in [3.63, 3.8) is 0 Å². The van der Waals surface area contributed by atoms with E-state index in [2.05, 4.69) is 20.7 Å². The normalized spacial score (nSPS) is 12.3. The lowest BCUT2D eigenvalue weighted by molar-refractivity contribution is 0.116. The Balaban J connectivity index is 3.00. The molecule has 3 nitrogen and oxygen atoms in total. The van der Waals surface area contributed by atoms with Gasteiger partial charge in [0.1, 0.15) is 17.7 Å².